The summed E-state index contributed by atoms with van der Waals surface area (Å²) in [5, 5.41) is 20.5. The molecule has 0 aromatic heterocycles. The number of amides is 1. The topological polar surface area (TPSA) is 87.1 Å². The highest BCUT2D eigenvalue weighted by Gasteiger charge is 2.50. The molecule has 1 heterocycles. The molecule has 1 amide bonds. The fourth-order valence-electron chi connectivity index (χ4n) is 3.70. The lowest BCUT2D eigenvalue weighted by Crippen LogP contribution is -2.58. The van der Waals surface area contributed by atoms with Gasteiger partial charge in [0.15, 0.2) is 11.6 Å². The van der Waals surface area contributed by atoms with E-state index in [1.807, 2.05) is 0 Å². The van der Waals surface area contributed by atoms with Gasteiger partial charge < -0.3 is 19.8 Å². The number of ether oxygens (including phenoxy) is 1. The first-order valence-corrected chi connectivity index (χ1v) is 9.06. The number of benzene rings is 2. The maximum Gasteiger partial charge on any atom is 0.314 e. The van der Waals surface area contributed by atoms with Gasteiger partial charge in [-0.05, 0) is 42.7 Å². The van der Waals surface area contributed by atoms with Gasteiger partial charge >= 0.3 is 5.97 Å². The van der Waals surface area contributed by atoms with Crippen molar-refractivity contribution in [3.05, 3.63) is 65.2 Å². The molecule has 0 bridgehead atoms. The average Bonchev–Trinajstić information content (AvgIpc) is 2.71. The van der Waals surface area contributed by atoms with Crippen LogP contribution >= 0.6 is 0 Å². The van der Waals surface area contributed by atoms with E-state index in [1.165, 1.54) is 13.2 Å². The zero-order valence-corrected chi connectivity index (χ0v) is 15.8. The van der Waals surface area contributed by atoms with E-state index in [4.69, 9.17) is 4.74 Å². The van der Waals surface area contributed by atoms with Crippen LogP contribution in [-0.2, 0) is 11.2 Å². The standard InChI is InChI=1S/C21H21F2NO5/c1-29-14-5-2-4-13(10-14)11-21(20(27)28)12-24(9-8-17(21)25)19(26)15-6-3-7-16(22)18(15)23/h2-7,10,17,25H,8-9,11-12H2,1H3,(H,27,28)/t17-,21-/m1/s1. The van der Waals surface area contributed by atoms with Crippen LogP contribution in [0.25, 0.3) is 0 Å². The van der Waals surface area contributed by atoms with E-state index in [2.05, 4.69) is 0 Å². The molecular formula is C21H21F2NO5. The second-order valence-corrected chi connectivity index (χ2v) is 7.12. The third-order valence-corrected chi connectivity index (χ3v) is 5.33. The third-order valence-electron chi connectivity index (χ3n) is 5.33. The number of carbonyl (C=O) groups is 2. The maximum absolute atomic E-state index is 14.1. The highest BCUT2D eigenvalue weighted by atomic mass is 19.2. The van der Waals surface area contributed by atoms with Gasteiger partial charge in [0, 0.05) is 13.1 Å². The van der Waals surface area contributed by atoms with Crippen molar-refractivity contribution in [3.8, 4) is 5.75 Å². The second kappa shape index (κ2) is 8.16. The van der Waals surface area contributed by atoms with Gasteiger partial charge in [0.05, 0.1) is 18.8 Å². The van der Waals surface area contributed by atoms with Crippen molar-refractivity contribution in [2.24, 2.45) is 5.41 Å². The van der Waals surface area contributed by atoms with Crippen molar-refractivity contribution >= 4 is 11.9 Å². The summed E-state index contributed by atoms with van der Waals surface area (Å²) < 4.78 is 32.7. The van der Waals surface area contributed by atoms with Crippen molar-refractivity contribution in [1.82, 2.24) is 4.90 Å². The Morgan fingerprint density at radius 1 is 1.24 bits per heavy atom. The summed E-state index contributed by atoms with van der Waals surface area (Å²) >= 11 is 0. The van der Waals surface area contributed by atoms with Crippen molar-refractivity contribution < 1.29 is 33.3 Å². The van der Waals surface area contributed by atoms with E-state index in [1.54, 1.807) is 24.3 Å². The third kappa shape index (κ3) is 3.93. The van der Waals surface area contributed by atoms with Crippen molar-refractivity contribution in [2.45, 2.75) is 18.9 Å². The number of carboxylic acid groups (broad SMARTS) is 1. The van der Waals surface area contributed by atoms with Crippen molar-refractivity contribution in [2.75, 3.05) is 20.2 Å². The number of carboxylic acids is 1. The first-order chi connectivity index (χ1) is 13.8. The quantitative estimate of drug-likeness (QED) is 0.798. The van der Waals surface area contributed by atoms with Crippen LogP contribution in [0.15, 0.2) is 42.5 Å². The van der Waals surface area contributed by atoms with E-state index >= 15 is 0 Å². The zero-order chi connectivity index (χ0) is 21.2. The molecule has 1 aliphatic heterocycles. The lowest BCUT2D eigenvalue weighted by atomic mass is 9.72. The molecular weight excluding hydrogens is 384 g/mol. The number of aliphatic hydroxyl groups excluding tert-OH is 1. The number of piperidine rings is 1. The van der Waals surface area contributed by atoms with Gasteiger partial charge in [0.25, 0.3) is 5.91 Å². The van der Waals surface area contributed by atoms with Crippen LogP contribution in [0, 0.1) is 17.0 Å². The summed E-state index contributed by atoms with van der Waals surface area (Å²) in [4.78, 5) is 26.1. The minimum absolute atomic E-state index is 0.00105. The predicted molar refractivity (Wildman–Crippen MR) is 99.7 cm³/mol. The van der Waals surface area contributed by atoms with Crippen LogP contribution in [0.4, 0.5) is 8.78 Å². The number of rotatable bonds is 5. The monoisotopic (exact) mass is 405 g/mol. The first-order valence-electron chi connectivity index (χ1n) is 9.06. The summed E-state index contributed by atoms with van der Waals surface area (Å²) in [6.45, 7) is -0.307. The summed E-state index contributed by atoms with van der Waals surface area (Å²) in [6.07, 6.45) is -1.28. The van der Waals surface area contributed by atoms with Crippen LogP contribution in [0.5, 0.6) is 5.75 Å². The molecule has 3 rings (SSSR count). The highest BCUT2D eigenvalue weighted by Crippen LogP contribution is 2.36. The van der Waals surface area contributed by atoms with E-state index in [9.17, 15) is 28.6 Å². The highest BCUT2D eigenvalue weighted by molar-refractivity contribution is 5.95. The summed E-state index contributed by atoms with van der Waals surface area (Å²) in [5.74, 6) is -4.00. The van der Waals surface area contributed by atoms with Crippen LogP contribution < -0.4 is 4.74 Å². The van der Waals surface area contributed by atoms with E-state index in [0.29, 0.717) is 11.3 Å². The molecule has 154 valence electrons. The molecule has 0 radical (unpaired) electrons. The van der Waals surface area contributed by atoms with Crippen molar-refractivity contribution in [1.29, 1.82) is 0 Å². The second-order valence-electron chi connectivity index (χ2n) is 7.12. The number of nitrogens with zero attached hydrogens (tertiary/aromatic N) is 1. The van der Waals surface area contributed by atoms with Crippen LogP contribution in [0.3, 0.4) is 0 Å². The molecule has 6 nitrogen and oxygen atoms in total. The van der Waals surface area contributed by atoms with Gasteiger partial charge in [0.1, 0.15) is 11.2 Å². The molecule has 1 fully saturated rings. The lowest BCUT2D eigenvalue weighted by Gasteiger charge is -2.43. The summed E-state index contributed by atoms with van der Waals surface area (Å²) in [6, 6.07) is 10.0. The van der Waals surface area contributed by atoms with Gasteiger partial charge in [-0.1, -0.05) is 18.2 Å². The minimum atomic E-state index is -1.69. The Morgan fingerprint density at radius 3 is 2.66 bits per heavy atom. The van der Waals surface area contributed by atoms with Crippen LogP contribution in [-0.4, -0.2) is 53.3 Å². The van der Waals surface area contributed by atoms with Gasteiger partial charge in [0.2, 0.25) is 0 Å². The zero-order valence-electron chi connectivity index (χ0n) is 15.8. The van der Waals surface area contributed by atoms with Gasteiger partial charge in [-0.15, -0.1) is 0 Å². The van der Waals surface area contributed by atoms with Gasteiger partial charge in [-0.25, -0.2) is 8.78 Å². The molecule has 0 unspecified atom stereocenters. The van der Waals surface area contributed by atoms with Crippen LogP contribution in [0.2, 0.25) is 0 Å². The molecule has 0 saturated carbocycles. The van der Waals surface area contributed by atoms with Crippen molar-refractivity contribution in [3.63, 3.8) is 0 Å². The number of hydrogen-bond acceptors (Lipinski definition) is 4. The van der Waals surface area contributed by atoms with E-state index < -0.39 is 40.6 Å². The minimum Gasteiger partial charge on any atom is -0.497 e. The smallest absolute Gasteiger partial charge is 0.314 e. The molecule has 2 aromatic rings. The normalized spacial score (nSPS) is 21.7. The summed E-state index contributed by atoms with van der Waals surface area (Å²) in [5.41, 5.74) is -1.55. The average molecular weight is 405 g/mol. The SMILES string of the molecule is COc1cccc(C[C@@]2(C(=O)O)CN(C(=O)c3cccc(F)c3F)CC[C@H]2O)c1. The molecule has 2 aromatic carbocycles. The first kappa shape index (κ1) is 20.7. The van der Waals surface area contributed by atoms with Crippen LogP contribution in [0.1, 0.15) is 22.3 Å². The number of methoxy groups -OCH3 is 1. The molecule has 2 N–H and O–H groups in total. The molecule has 1 saturated heterocycles. The summed E-state index contributed by atoms with van der Waals surface area (Å²) in [7, 11) is 1.48. The Hall–Kier alpha value is -3.00. The van der Waals surface area contributed by atoms with E-state index in [0.717, 1.165) is 17.0 Å². The molecule has 0 spiro atoms. The number of halogens is 2. The molecule has 2 atom stereocenters. The van der Waals surface area contributed by atoms with E-state index in [-0.39, 0.29) is 25.9 Å². The largest absolute Gasteiger partial charge is 0.497 e. The predicted octanol–water partition coefficient (Wildman–Crippen LogP) is 2.49. The Balaban J connectivity index is 1.93. The van der Waals surface area contributed by atoms with Gasteiger partial charge in [-0.3, -0.25) is 9.59 Å². The molecule has 29 heavy (non-hydrogen) atoms. The number of aliphatic hydroxyl groups is 1. The number of carbonyl (C=O) groups excluding carboxylic acids is 1. The number of likely N-dealkylation sites (tertiary alicyclic amines) is 1. The number of aliphatic carboxylic acids is 1. The Kier molecular flexibility index (Phi) is 5.83. The Bertz CT molecular complexity index is 935. The number of hydrogen-bond donors (Lipinski definition) is 2. The molecule has 8 heteroatoms. The Morgan fingerprint density at radius 2 is 1.97 bits per heavy atom. The Labute approximate surface area is 166 Å². The molecule has 0 aliphatic carbocycles. The maximum atomic E-state index is 14.1. The van der Waals surface area contributed by atoms with Gasteiger partial charge in [-0.2, -0.15) is 0 Å². The molecule has 1 aliphatic rings. The lowest BCUT2D eigenvalue weighted by molar-refractivity contribution is -0.161. The fourth-order valence-corrected chi connectivity index (χ4v) is 3.70. The fraction of sp³-hybridized carbons (Fsp3) is 0.333.